The first-order chi connectivity index (χ1) is 8.77. The van der Waals surface area contributed by atoms with Crippen molar-refractivity contribution in [3.63, 3.8) is 0 Å². The Morgan fingerprint density at radius 3 is 1.50 bits per heavy atom. The van der Waals surface area contributed by atoms with Gasteiger partial charge in [-0.05, 0) is 16.3 Å². The van der Waals surface area contributed by atoms with E-state index in [2.05, 4.69) is 35.6 Å². The van der Waals surface area contributed by atoms with Crippen molar-refractivity contribution in [3.05, 3.63) is 60.7 Å². The Labute approximate surface area is 119 Å². The van der Waals surface area contributed by atoms with Crippen LogP contribution in [-0.4, -0.2) is 0 Å². The number of hydrogen-bond acceptors (Lipinski definition) is 0. The van der Waals surface area contributed by atoms with Gasteiger partial charge in [0.25, 0.3) is 0 Å². The maximum Gasteiger partial charge on any atom is 0.162 e. The normalized spacial score (nSPS) is 10.2. The minimum Gasteiger partial charge on any atom is -0.0632 e. The van der Waals surface area contributed by atoms with E-state index in [-0.39, 0.29) is 0 Å². The summed E-state index contributed by atoms with van der Waals surface area (Å²) < 4.78 is 0. The minimum absolute atomic E-state index is 0.697. The van der Waals surface area contributed by atoms with Gasteiger partial charge < -0.3 is 0 Å². The van der Waals surface area contributed by atoms with E-state index in [0.29, 0.717) is 0 Å². The van der Waals surface area contributed by atoms with Crippen molar-refractivity contribution in [2.45, 2.75) is 0 Å². The maximum atomic E-state index is 5.76. The lowest BCUT2D eigenvalue weighted by Crippen LogP contribution is -2.09. The van der Waals surface area contributed by atoms with E-state index in [0.717, 1.165) is 0 Å². The molecule has 0 heterocycles. The highest BCUT2D eigenvalue weighted by molar-refractivity contribution is 8.07. The lowest BCUT2D eigenvalue weighted by atomic mass is 10.4. The predicted octanol–water partition coefficient (Wildman–Crippen LogP) is 4.83. The van der Waals surface area contributed by atoms with Crippen LogP contribution in [0.2, 0.25) is 0 Å². The summed E-state index contributed by atoms with van der Waals surface area (Å²) in [6.45, 7) is -1.21. The highest BCUT2D eigenvalue weighted by Crippen LogP contribution is 2.46. The molecule has 0 saturated heterocycles. The summed E-state index contributed by atoms with van der Waals surface area (Å²) in [5, 5.41) is 2.44. The molecule has 0 saturated carbocycles. The smallest absolute Gasteiger partial charge is 0.0632 e. The molecule has 4 heteroatoms. The molecule has 0 aliphatic heterocycles. The van der Waals surface area contributed by atoms with Crippen LogP contribution in [0.3, 0.4) is 0 Å². The first-order valence-corrected chi connectivity index (χ1v) is 9.80. The van der Waals surface area contributed by atoms with E-state index in [1.165, 1.54) is 10.6 Å². The van der Waals surface area contributed by atoms with Crippen LogP contribution in [0.1, 0.15) is 0 Å². The highest BCUT2D eigenvalue weighted by atomic mass is 35.9. The second kappa shape index (κ2) is 7.13. The van der Waals surface area contributed by atoms with Crippen LogP contribution in [0.5, 0.6) is 0 Å². The third-order valence-electron chi connectivity index (χ3n) is 2.28. The number of halogens is 2. The molecule has 0 radical (unpaired) electrons. The molecule has 0 nitrogen and oxygen atoms in total. The largest absolute Gasteiger partial charge is 0.162 e. The lowest BCUT2D eigenvalue weighted by Gasteiger charge is -2.11. The molecular formula is C14H10Cl2P2. The molecule has 0 fully saturated rings. The van der Waals surface area contributed by atoms with Crippen molar-refractivity contribution in [2.24, 2.45) is 0 Å². The van der Waals surface area contributed by atoms with Crippen molar-refractivity contribution < 1.29 is 0 Å². The first kappa shape index (κ1) is 13.9. The average molecular weight is 311 g/mol. The second-order valence-electron chi connectivity index (χ2n) is 3.46. The van der Waals surface area contributed by atoms with Gasteiger partial charge >= 0.3 is 0 Å². The number of rotatable bonds is 2. The van der Waals surface area contributed by atoms with Crippen LogP contribution in [0.4, 0.5) is 0 Å². The van der Waals surface area contributed by atoms with Crippen LogP contribution in [0.15, 0.2) is 60.7 Å². The molecule has 0 atom stereocenters. The Morgan fingerprint density at radius 1 is 0.667 bits per heavy atom. The third kappa shape index (κ3) is 3.98. The van der Waals surface area contributed by atoms with Crippen molar-refractivity contribution in [1.29, 1.82) is 0 Å². The molecule has 0 bridgehead atoms. The lowest BCUT2D eigenvalue weighted by molar-refractivity contribution is 1.76. The molecule has 0 aliphatic rings. The highest BCUT2D eigenvalue weighted by Gasteiger charge is 2.10. The first-order valence-electron chi connectivity index (χ1n) is 5.30. The monoisotopic (exact) mass is 310 g/mol. The number of benzene rings is 2. The van der Waals surface area contributed by atoms with Crippen molar-refractivity contribution in [1.82, 2.24) is 0 Å². The van der Waals surface area contributed by atoms with Gasteiger partial charge in [0.05, 0.1) is 0 Å². The van der Waals surface area contributed by atoms with Gasteiger partial charge in [-0.3, -0.25) is 0 Å². The van der Waals surface area contributed by atoms with Crippen molar-refractivity contribution in [2.75, 3.05) is 0 Å². The van der Waals surface area contributed by atoms with Gasteiger partial charge in [-0.15, -0.1) is 0 Å². The molecule has 90 valence electrons. The van der Waals surface area contributed by atoms with Crippen LogP contribution in [0.25, 0.3) is 0 Å². The molecule has 0 unspecified atom stereocenters. The molecule has 2 rings (SSSR count). The zero-order chi connectivity index (χ0) is 12.8. The second-order valence-corrected chi connectivity index (χ2v) is 8.63. The Hall–Kier alpha value is -0.560. The summed E-state index contributed by atoms with van der Waals surface area (Å²) in [7, 11) is -0.697. The van der Waals surface area contributed by atoms with E-state index in [1.807, 2.05) is 36.4 Å². The minimum atomic E-state index is -1.21. The van der Waals surface area contributed by atoms with Crippen molar-refractivity contribution in [3.8, 4) is 11.3 Å². The van der Waals surface area contributed by atoms with Gasteiger partial charge in [0.15, 0.2) is 6.63 Å². The maximum absolute atomic E-state index is 5.76. The van der Waals surface area contributed by atoms with Crippen LogP contribution < -0.4 is 10.6 Å². The fourth-order valence-corrected chi connectivity index (χ4v) is 4.40. The quantitative estimate of drug-likeness (QED) is 0.550. The summed E-state index contributed by atoms with van der Waals surface area (Å²) in [6.07, 6.45) is 0. The van der Waals surface area contributed by atoms with E-state index in [1.54, 1.807) is 0 Å². The van der Waals surface area contributed by atoms with Crippen molar-refractivity contribution >= 4 is 47.6 Å². The van der Waals surface area contributed by atoms with Gasteiger partial charge in [0.2, 0.25) is 0 Å². The molecular weight excluding hydrogens is 301 g/mol. The van der Waals surface area contributed by atoms with Crippen LogP contribution in [-0.2, 0) is 0 Å². The van der Waals surface area contributed by atoms with Gasteiger partial charge in [0, 0.05) is 7.92 Å². The molecule has 0 amide bonds. The fourth-order valence-electron chi connectivity index (χ4n) is 1.52. The van der Waals surface area contributed by atoms with E-state index < -0.39 is 14.5 Å². The number of hydrogen-bond donors (Lipinski definition) is 0. The summed E-state index contributed by atoms with van der Waals surface area (Å²) >= 11 is 11.5. The molecule has 2 aromatic carbocycles. The van der Waals surface area contributed by atoms with E-state index >= 15 is 0 Å². The van der Waals surface area contributed by atoms with E-state index in [4.69, 9.17) is 22.5 Å². The van der Waals surface area contributed by atoms with Crippen LogP contribution in [0, 0.1) is 11.3 Å². The zero-order valence-electron chi connectivity index (χ0n) is 9.42. The Morgan fingerprint density at radius 2 is 1.11 bits per heavy atom. The molecule has 0 aliphatic carbocycles. The van der Waals surface area contributed by atoms with E-state index in [9.17, 15) is 0 Å². The van der Waals surface area contributed by atoms with Gasteiger partial charge in [-0.25, -0.2) is 0 Å². The third-order valence-corrected chi connectivity index (χ3v) is 5.20. The molecule has 0 spiro atoms. The van der Waals surface area contributed by atoms with Gasteiger partial charge in [-0.2, -0.15) is 0 Å². The van der Waals surface area contributed by atoms with Crippen LogP contribution >= 0.6 is 37.0 Å². The van der Waals surface area contributed by atoms with Gasteiger partial charge in [0.1, 0.15) is 0 Å². The molecule has 2 aromatic rings. The summed E-state index contributed by atoms with van der Waals surface area (Å²) in [4.78, 5) is 0. The Kier molecular flexibility index (Phi) is 5.49. The Balaban J connectivity index is 2.40. The molecule has 0 aromatic heterocycles. The standard InChI is InChI=1S/C14H10Cl2P2/c15-18(16)12-11-17(13-7-3-1-4-8-13)14-9-5-2-6-10-14/h1-10H. The zero-order valence-corrected chi connectivity index (χ0v) is 12.7. The molecule has 0 N–H and O–H groups in total. The summed E-state index contributed by atoms with van der Waals surface area (Å²) in [6, 6.07) is 20.5. The topological polar surface area (TPSA) is 0 Å². The fraction of sp³-hybridized carbons (Fsp3) is 0. The van der Waals surface area contributed by atoms with Gasteiger partial charge in [-0.1, -0.05) is 88.8 Å². The summed E-state index contributed by atoms with van der Waals surface area (Å²) in [5.41, 5.74) is 6.15. The predicted molar refractivity (Wildman–Crippen MR) is 85.5 cm³/mol. The Bertz CT molecular complexity index is 505. The summed E-state index contributed by atoms with van der Waals surface area (Å²) in [5.74, 6) is 0. The average Bonchev–Trinajstić information content (AvgIpc) is 2.41. The SMILES string of the molecule is ClP(Cl)C#CP(c1ccccc1)c1ccccc1. The molecule has 18 heavy (non-hydrogen) atoms.